The number of aliphatic hydroxyl groups is 1. The lowest BCUT2D eigenvalue weighted by atomic mass is 9.43. The predicted octanol–water partition coefficient (Wildman–Crippen LogP) is 3.36. The number of rotatable bonds is 7. The molecule has 0 spiro atoms. The minimum atomic E-state index is -4.06. The molecular formula is C26H46N2O5S. The van der Waals surface area contributed by atoms with Crippen molar-refractivity contribution in [3.05, 3.63) is 0 Å². The quantitative estimate of drug-likeness (QED) is 0.398. The number of aliphatic hydroxyl groups excluding tert-OH is 1. The number of fused-ring (bicyclic) bond motifs is 5. The van der Waals surface area contributed by atoms with Crippen LogP contribution in [0, 0.1) is 46.3 Å². The Balaban J connectivity index is 1.39. The largest absolute Gasteiger partial charge is 0.393 e. The molecule has 0 aromatic rings. The zero-order chi connectivity index (χ0) is 24.9. The van der Waals surface area contributed by atoms with Gasteiger partial charge in [-0.05, 0) is 104 Å². The SMILES string of the molecule is C[C@H](CCC(=O)NCCS(=O)(=O)O)[C@H]1CC[C@H]2C3[C@@H](O)CC4C[C@H](N)CC[C@]4(C)[C@H]3CC[C@]12C. The summed E-state index contributed by atoms with van der Waals surface area (Å²) in [6, 6.07) is 0.289. The van der Waals surface area contributed by atoms with Crippen LogP contribution in [0.4, 0.5) is 0 Å². The molecule has 10 atom stereocenters. The minimum absolute atomic E-state index is 0.0547. The third-order valence-electron chi connectivity index (χ3n) is 11.0. The molecule has 0 bridgehead atoms. The Morgan fingerprint density at radius 1 is 1.09 bits per heavy atom. The Bertz CT molecular complexity index is 865. The van der Waals surface area contributed by atoms with E-state index in [0.29, 0.717) is 47.3 Å². The van der Waals surface area contributed by atoms with Crippen LogP contribution in [0.3, 0.4) is 0 Å². The van der Waals surface area contributed by atoms with E-state index < -0.39 is 15.9 Å². The molecule has 196 valence electrons. The summed E-state index contributed by atoms with van der Waals surface area (Å²) >= 11 is 0. The second-order valence-electron chi connectivity index (χ2n) is 12.7. The molecule has 4 saturated carbocycles. The molecule has 34 heavy (non-hydrogen) atoms. The van der Waals surface area contributed by atoms with E-state index in [1.165, 1.54) is 25.7 Å². The summed E-state index contributed by atoms with van der Waals surface area (Å²) in [5.74, 6) is 2.41. The van der Waals surface area contributed by atoms with Gasteiger partial charge in [0.2, 0.25) is 5.91 Å². The van der Waals surface area contributed by atoms with Crippen LogP contribution in [0.5, 0.6) is 0 Å². The van der Waals surface area contributed by atoms with Gasteiger partial charge in [-0.25, -0.2) is 0 Å². The van der Waals surface area contributed by atoms with Gasteiger partial charge in [0.25, 0.3) is 10.1 Å². The van der Waals surface area contributed by atoms with Gasteiger partial charge >= 0.3 is 0 Å². The van der Waals surface area contributed by atoms with Gasteiger partial charge in [0.15, 0.2) is 0 Å². The summed E-state index contributed by atoms with van der Waals surface area (Å²) in [4.78, 5) is 12.2. The molecular weight excluding hydrogens is 452 g/mol. The summed E-state index contributed by atoms with van der Waals surface area (Å²) in [6.45, 7) is 7.14. The van der Waals surface area contributed by atoms with Crippen molar-refractivity contribution >= 4 is 16.0 Å². The summed E-state index contributed by atoms with van der Waals surface area (Å²) in [7, 11) is -4.06. The lowest BCUT2D eigenvalue weighted by Gasteiger charge is -2.62. The molecule has 2 unspecified atom stereocenters. The lowest BCUT2D eigenvalue weighted by molar-refractivity contribution is -0.166. The molecule has 0 heterocycles. The van der Waals surface area contributed by atoms with Crippen molar-refractivity contribution in [2.75, 3.05) is 12.3 Å². The van der Waals surface area contributed by atoms with Gasteiger partial charge in [0.05, 0.1) is 11.9 Å². The van der Waals surface area contributed by atoms with E-state index in [1.54, 1.807) is 0 Å². The Hall–Kier alpha value is -0.700. The highest BCUT2D eigenvalue weighted by Gasteiger charge is 2.62. The smallest absolute Gasteiger partial charge is 0.266 e. The number of hydrogen-bond donors (Lipinski definition) is 4. The van der Waals surface area contributed by atoms with E-state index >= 15 is 0 Å². The fraction of sp³-hybridized carbons (Fsp3) is 0.962. The fourth-order valence-corrected chi connectivity index (χ4v) is 9.56. The van der Waals surface area contributed by atoms with Crippen molar-refractivity contribution in [2.45, 2.75) is 97.1 Å². The first kappa shape index (κ1) is 26.4. The van der Waals surface area contributed by atoms with Crippen LogP contribution in [0.15, 0.2) is 0 Å². The second-order valence-corrected chi connectivity index (χ2v) is 14.3. The maximum absolute atomic E-state index is 12.2. The molecule has 1 amide bonds. The third-order valence-corrected chi connectivity index (χ3v) is 11.7. The van der Waals surface area contributed by atoms with E-state index in [1.807, 2.05) is 0 Å². The molecule has 4 fully saturated rings. The average molecular weight is 499 g/mol. The maximum Gasteiger partial charge on any atom is 0.266 e. The molecule has 0 aromatic carbocycles. The first-order valence-corrected chi connectivity index (χ1v) is 15.1. The van der Waals surface area contributed by atoms with Crippen molar-refractivity contribution in [3.63, 3.8) is 0 Å². The van der Waals surface area contributed by atoms with Crippen LogP contribution in [-0.2, 0) is 14.9 Å². The van der Waals surface area contributed by atoms with Crippen LogP contribution in [0.1, 0.15) is 85.0 Å². The summed E-state index contributed by atoms with van der Waals surface area (Å²) in [5, 5.41) is 14.0. The Morgan fingerprint density at radius 2 is 1.76 bits per heavy atom. The monoisotopic (exact) mass is 498 g/mol. The van der Waals surface area contributed by atoms with Crippen LogP contribution < -0.4 is 11.1 Å². The zero-order valence-electron chi connectivity index (χ0n) is 21.2. The number of amides is 1. The van der Waals surface area contributed by atoms with Crippen molar-refractivity contribution < 1.29 is 22.9 Å². The van der Waals surface area contributed by atoms with Gasteiger partial charge in [-0.1, -0.05) is 20.8 Å². The van der Waals surface area contributed by atoms with Crippen LogP contribution in [0.25, 0.3) is 0 Å². The number of nitrogens with one attached hydrogen (secondary N) is 1. The lowest BCUT2D eigenvalue weighted by Crippen LogP contribution is -2.59. The number of nitrogens with two attached hydrogens (primary N) is 1. The molecule has 4 aliphatic carbocycles. The van der Waals surface area contributed by atoms with E-state index in [2.05, 4.69) is 26.1 Å². The van der Waals surface area contributed by atoms with Crippen LogP contribution in [0.2, 0.25) is 0 Å². The Labute approximate surface area is 205 Å². The fourth-order valence-electron chi connectivity index (χ4n) is 9.20. The van der Waals surface area contributed by atoms with Gasteiger partial charge in [0, 0.05) is 19.0 Å². The normalized spacial score (nSPS) is 45.1. The van der Waals surface area contributed by atoms with E-state index in [-0.39, 0.29) is 30.0 Å². The minimum Gasteiger partial charge on any atom is -0.393 e. The van der Waals surface area contributed by atoms with Crippen LogP contribution >= 0.6 is 0 Å². The summed E-state index contributed by atoms with van der Waals surface area (Å²) < 4.78 is 30.5. The molecule has 4 aliphatic rings. The highest BCUT2D eigenvalue weighted by molar-refractivity contribution is 7.85. The highest BCUT2D eigenvalue weighted by Crippen LogP contribution is 2.68. The van der Waals surface area contributed by atoms with Crippen molar-refractivity contribution in [1.82, 2.24) is 5.32 Å². The molecule has 8 heteroatoms. The first-order valence-electron chi connectivity index (χ1n) is 13.5. The molecule has 0 radical (unpaired) electrons. The van der Waals surface area contributed by atoms with Crippen molar-refractivity contribution in [3.8, 4) is 0 Å². The van der Waals surface area contributed by atoms with E-state index in [4.69, 9.17) is 10.3 Å². The molecule has 4 rings (SSSR count). The van der Waals surface area contributed by atoms with Gasteiger partial charge in [-0.2, -0.15) is 8.42 Å². The Morgan fingerprint density at radius 3 is 2.47 bits per heavy atom. The van der Waals surface area contributed by atoms with E-state index in [9.17, 15) is 18.3 Å². The number of hydrogen-bond acceptors (Lipinski definition) is 5. The predicted molar refractivity (Wildman–Crippen MR) is 132 cm³/mol. The van der Waals surface area contributed by atoms with Gasteiger partial charge in [-0.15, -0.1) is 0 Å². The maximum atomic E-state index is 12.2. The van der Waals surface area contributed by atoms with Crippen molar-refractivity contribution in [2.24, 2.45) is 52.1 Å². The Kier molecular flexibility index (Phi) is 7.47. The first-order chi connectivity index (χ1) is 15.8. The van der Waals surface area contributed by atoms with Gasteiger partial charge < -0.3 is 16.2 Å². The average Bonchev–Trinajstić information content (AvgIpc) is 3.09. The second kappa shape index (κ2) is 9.64. The zero-order valence-corrected chi connectivity index (χ0v) is 22.0. The molecule has 0 aliphatic heterocycles. The number of carbonyl (C=O) groups excluding carboxylic acids is 1. The standard InChI is InChI=1S/C26H46N2O5S/c1-16(4-7-23(30)28-12-13-34(31,32)33)19-5-6-20-24-21(9-11-26(19,20)3)25(2)10-8-18(27)14-17(25)15-22(24)29/h16-22,24,29H,4-15,27H2,1-3H3,(H,28,30)(H,31,32,33)/t16-,17?,18-,19-,20+,21+,22+,24?,25+,26-/m1/s1. The third kappa shape index (κ3) is 4.94. The molecule has 7 nitrogen and oxygen atoms in total. The highest BCUT2D eigenvalue weighted by atomic mass is 32.2. The van der Waals surface area contributed by atoms with Gasteiger partial charge in [0.1, 0.15) is 0 Å². The number of carbonyl (C=O) groups is 1. The van der Waals surface area contributed by atoms with Gasteiger partial charge in [-0.3, -0.25) is 9.35 Å². The van der Waals surface area contributed by atoms with E-state index in [0.717, 1.165) is 32.1 Å². The molecule has 5 N–H and O–H groups in total. The summed E-state index contributed by atoms with van der Waals surface area (Å²) in [5.41, 5.74) is 6.84. The topological polar surface area (TPSA) is 130 Å². The summed E-state index contributed by atoms with van der Waals surface area (Å²) in [6.07, 6.45) is 9.93. The van der Waals surface area contributed by atoms with Crippen LogP contribution in [-0.4, -0.2) is 48.4 Å². The molecule has 0 aromatic heterocycles. The van der Waals surface area contributed by atoms with Crippen molar-refractivity contribution in [1.29, 1.82) is 0 Å². The molecule has 0 saturated heterocycles.